The van der Waals surface area contributed by atoms with Gasteiger partial charge < -0.3 is 5.32 Å². The summed E-state index contributed by atoms with van der Waals surface area (Å²) in [5, 5.41) is 3.17. The van der Waals surface area contributed by atoms with Gasteiger partial charge in [0.25, 0.3) is 0 Å². The highest BCUT2D eigenvalue weighted by Gasteiger charge is 2.26. The van der Waals surface area contributed by atoms with E-state index < -0.39 is 12.6 Å². The third-order valence-corrected chi connectivity index (χ3v) is 3.00. The molecule has 2 rings (SSSR count). The van der Waals surface area contributed by atoms with Crippen molar-refractivity contribution < 1.29 is 18.0 Å². The Morgan fingerprint density at radius 3 is 2.83 bits per heavy atom. The summed E-state index contributed by atoms with van der Waals surface area (Å²) in [5.74, 6) is -0.214. The smallest absolute Gasteiger partial charge is 0.384 e. The van der Waals surface area contributed by atoms with Crippen molar-refractivity contribution in [1.29, 1.82) is 0 Å². The van der Waals surface area contributed by atoms with Gasteiger partial charge in [-0.3, -0.25) is 4.79 Å². The summed E-state index contributed by atoms with van der Waals surface area (Å²) < 4.78 is 35.9. The second-order valence-corrected chi connectivity index (χ2v) is 4.44. The van der Waals surface area contributed by atoms with Crippen LogP contribution in [0, 0.1) is 0 Å². The number of carbonyl (C=O) groups is 1. The molecular formula is C13H14F3NO. The number of hydrogen-bond acceptors (Lipinski definition) is 2. The minimum absolute atomic E-state index is 0.0499. The third kappa shape index (κ3) is 3.24. The lowest BCUT2D eigenvalue weighted by Gasteiger charge is -2.06. The van der Waals surface area contributed by atoms with Gasteiger partial charge in [0, 0.05) is 30.6 Å². The number of halogens is 3. The van der Waals surface area contributed by atoms with Crippen molar-refractivity contribution in [3.8, 4) is 0 Å². The van der Waals surface area contributed by atoms with Crippen molar-refractivity contribution in [3.05, 3.63) is 29.3 Å². The van der Waals surface area contributed by atoms with Crippen LogP contribution in [-0.4, -0.2) is 18.5 Å². The average molecular weight is 257 g/mol. The molecule has 18 heavy (non-hydrogen) atoms. The Morgan fingerprint density at radius 1 is 1.33 bits per heavy atom. The molecule has 0 atom stereocenters. The quantitative estimate of drug-likeness (QED) is 0.835. The van der Waals surface area contributed by atoms with E-state index in [4.69, 9.17) is 0 Å². The summed E-state index contributed by atoms with van der Waals surface area (Å²) in [4.78, 5) is 11.7. The number of hydrogen-bond donors (Lipinski definition) is 1. The molecule has 0 unspecified atom stereocenters. The summed E-state index contributed by atoms with van der Waals surface area (Å²) in [6, 6.07) is 5.28. The molecule has 1 N–H and O–H groups in total. The third-order valence-electron chi connectivity index (χ3n) is 3.00. The number of Topliss-reactive ketones (excluding diaryl/α,β-unsaturated/α-hetero) is 1. The van der Waals surface area contributed by atoms with E-state index in [-0.39, 0.29) is 18.6 Å². The van der Waals surface area contributed by atoms with E-state index in [1.54, 1.807) is 12.1 Å². The first-order chi connectivity index (χ1) is 8.46. The number of carbonyl (C=O) groups excluding carboxylic acids is 1. The molecule has 1 aliphatic heterocycles. The average Bonchev–Trinajstić information content (AvgIpc) is 2.73. The number of benzene rings is 1. The standard InChI is InChI=1S/C13H14F3NO/c14-13(15,16)6-1-2-12(18)10-3-4-11-9(8-10)5-7-17-11/h3-4,8,17H,1-2,5-7H2. The number of ketones is 1. The fourth-order valence-corrected chi connectivity index (χ4v) is 2.07. The zero-order chi connectivity index (χ0) is 13.2. The normalized spacial score (nSPS) is 14.2. The van der Waals surface area contributed by atoms with Crippen molar-refractivity contribution in [1.82, 2.24) is 0 Å². The van der Waals surface area contributed by atoms with Gasteiger partial charge in [-0.1, -0.05) is 0 Å². The summed E-state index contributed by atoms with van der Waals surface area (Å²) >= 11 is 0. The van der Waals surface area contributed by atoms with Crippen LogP contribution in [0.15, 0.2) is 18.2 Å². The van der Waals surface area contributed by atoms with Crippen molar-refractivity contribution in [3.63, 3.8) is 0 Å². The second-order valence-electron chi connectivity index (χ2n) is 4.44. The topological polar surface area (TPSA) is 29.1 Å². The lowest BCUT2D eigenvalue weighted by Crippen LogP contribution is -2.08. The van der Waals surface area contributed by atoms with Crippen LogP contribution in [-0.2, 0) is 6.42 Å². The fourth-order valence-electron chi connectivity index (χ4n) is 2.07. The summed E-state index contributed by atoms with van der Waals surface area (Å²) in [6.07, 6.45) is -4.41. The fraction of sp³-hybridized carbons (Fsp3) is 0.462. The predicted octanol–water partition coefficient (Wildman–Crippen LogP) is 3.57. The van der Waals surface area contributed by atoms with E-state index >= 15 is 0 Å². The lowest BCUT2D eigenvalue weighted by molar-refractivity contribution is -0.135. The van der Waals surface area contributed by atoms with Crippen molar-refractivity contribution >= 4 is 11.5 Å². The van der Waals surface area contributed by atoms with E-state index in [9.17, 15) is 18.0 Å². The Hall–Kier alpha value is -1.52. The second kappa shape index (κ2) is 5.00. The molecule has 0 saturated carbocycles. The molecule has 2 nitrogen and oxygen atoms in total. The highest BCUT2D eigenvalue weighted by atomic mass is 19.4. The van der Waals surface area contributed by atoms with Gasteiger partial charge in [0.2, 0.25) is 0 Å². The first-order valence-electron chi connectivity index (χ1n) is 5.92. The summed E-state index contributed by atoms with van der Waals surface area (Å²) in [7, 11) is 0. The Kier molecular flexibility index (Phi) is 3.59. The summed E-state index contributed by atoms with van der Waals surface area (Å²) in [6.45, 7) is 0.848. The maximum absolute atomic E-state index is 12.0. The Morgan fingerprint density at radius 2 is 2.11 bits per heavy atom. The van der Waals surface area contributed by atoms with Crippen LogP contribution < -0.4 is 5.32 Å². The van der Waals surface area contributed by atoms with Gasteiger partial charge in [-0.2, -0.15) is 13.2 Å². The highest BCUT2D eigenvalue weighted by Crippen LogP contribution is 2.25. The molecule has 1 aliphatic rings. The number of fused-ring (bicyclic) bond motifs is 1. The largest absolute Gasteiger partial charge is 0.389 e. The lowest BCUT2D eigenvalue weighted by atomic mass is 10.0. The molecule has 0 spiro atoms. The number of nitrogens with one attached hydrogen (secondary N) is 1. The molecular weight excluding hydrogens is 243 g/mol. The minimum Gasteiger partial charge on any atom is -0.384 e. The van der Waals surface area contributed by atoms with E-state index in [1.165, 1.54) is 0 Å². The zero-order valence-corrected chi connectivity index (χ0v) is 9.81. The molecule has 0 saturated heterocycles. The van der Waals surface area contributed by atoms with Gasteiger partial charge >= 0.3 is 6.18 Å². The number of rotatable bonds is 4. The molecule has 0 aromatic heterocycles. The van der Waals surface area contributed by atoms with Gasteiger partial charge in [-0.15, -0.1) is 0 Å². The van der Waals surface area contributed by atoms with Crippen molar-refractivity contribution in [2.45, 2.75) is 31.9 Å². The molecule has 0 aliphatic carbocycles. The van der Waals surface area contributed by atoms with E-state index in [1.807, 2.05) is 6.07 Å². The van der Waals surface area contributed by atoms with Crippen molar-refractivity contribution in [2.24, 2.45) is 0 Å². The van der Waals surface area contributed by atoms with E-state index in [0.717, 1.165) is 24.2 Å². The van der Waals surface area contributed by atoms with Gasteiger partial charge in [-0.25, -0.2) is 0 Å². The van der Waals surface area contributed by atoms with Gasteiger partial charge in [-0.05, 0) is 36.6 Å². The molecule has 0 amide bonds. The van der Waals surface area contributed by atoms with Crippen molar-refractivity contribution in [2.75, 3.05) is 11.9 Å². The number of anilines is 1. The monoisotopic (exact) mass is 257 g/mol. The molecule has 1 heterocycles. The zero-order valence-electron chi connectivity index (χ0n) is 9.81. The molecule has 98 valence electrons. The maximum atomic E-state index is 12.0. The van der Waals surface area contributed by atoms with Crippen LogP contribution >= 0.6 is 0 Å². The molecule has 5 heteroatoms. The highest BCUT2D eigenvalue weighted by molar-refractivity contribution is 5.96. The Labute approximate surface area is 103 Å². The van der Waals surface area contributed by atoms with Gasteiger partial charge in [0.1, 0.15) is 0 Å². The SMILES string of the molecule is O=C(CCCC(F)(F)F)c1ccc2c(c1)CCN2. The molecule has 0 fully saturated rings. The van der Waals surface area contributed by atoms with Crippen LogP contribution in [0.25, 0.3) is 0 Å². The minimum atomic E-state index is -4.18. The number of alkyl halides is 3. The molecule has 1 aromatic rings. The van der Waals surface area contributed by atoms with Gasteiger partial charge in [0.15, 0.2) is 5.78 Å². The van der Waals surface area contributed by atoms with Gasteiger partial charge in [0.05, 0.1) is 0 Å². The molecule has 1 aromatic carbocycles. The summed E-state index contributed by atoms with van der Waals surface area (Å²) in [5.41, 5.74) is 2.60. The predicted molar refractivity (Wildman–Crippen MR) is 62.9 cm³/mol. The Balaban J connectivity index is 1.93. The van der Waals surface area contributed by atoms with Crippen LogP contribution in [0.5, 0.6) is 0 Å². The first kappa shape index (κ1) is 12.9. The maximum Gasteiger partial charge on any atom is 0.389 e. The Bertz CT molecular complexity index is 454. The van der Waals surface area contributed by atoms with Crippen LogP contribution in [0.2, 0.25) is 0 Å². The van der Waals surface area contributed by atoms with E-state index in [0.29, 0.717) is 5.56 Å². The molecule has 0 bridgehead atoms. The van der Waals surface area contributed by atoms with E-state index in [2.05, 4.69) is 5.32 Å². The molecule has 0 radical (unpaired) electrons. The van der Waals surface area contributed by atoms with Crippen LogP contribution in [0.1, 0.15) is 35.2 Å². The first-order valence-corrected chi connectivity index (χ1v) is 5.92. The van der Waals surface area contributed by atoms with Crippen LogP contribution in [0.3, 0.4) is 0 Å². The van der Waals surface area contributed by atoms with Crippen LogP contribution in [0.4, 0.5) is 18.9 Å².